The molecule has 0 aliphatic carbocycles. The van der Waals surface area contributed by atoms with Gasteiger partial charge in [-0.25, -0.2) is 9.97 Å². The second kappa shape index (κ2) is 6.25. The number of rotatable bonds is 4. The summed E-state index contributed by atoms with van der Waals surface area (Å²) in [4.78, 5) is 11.7. The van der Waals surface area contributed by atoms with Crippen molar-refractivity contribution in [1.82, 2.24) is 9.97 Å². The van der Waals surface area contributed by atoms with Crippen LogP contribution >= 0.6 is 11.3 Å². The smallest absolute Gasteiger partial charge is 0.163 e. The van der Waals surface area contributed by atoms with E-state index in [-0.39, 0.29) is 6.10 Å². The van der Waals surface area contributed by atoms with Gasteiger partial charge in [0.1, 0.15) is 16.8 Å². The molecule has 0 bridgehead atoms. The van der Waals surface area contributed by atoms with Crippen LogP contribution in [0.4, 0.5) is 5.82 Å². The molecule has 1 unspecified atom stereocenters. The minimum Gasteiger partial charge on any atom is -0.376 e. The van der Waals surface area contributed by atoms with Crippen LogP contribution in [0.2, 0.25) is 0 Å². The second-order valence-electron chi connectivity index (χ2n) is 5.25. The number of anilines is 1. The SMILES string of the molecule is CCCNc1nc(C2COCCO2)nc2sc(C)c(C)c12. The first-order valence-electron chi connectivity index (χ1n) is 7.41. The summed E-state index contributed by atoms with van der Waals surface area (Å²) in [5, 5.41) is 4.58. The highest BCUT2D eigenvalue weighted by molar-refractivity contribution is 7.18. The number of aromatic nitrogens is 2. The summed E-state index contributed by atoms with van der Waals surface area (Å²) in [6.07, 6.45) is 0.902. The Kier molecular flexibility index (Phi) is 4.37. The third-order valence-electron chi connectivity index (χ3n) is 3.69. The van der Waals surface area contributed by atoms with Crippen molar-refractivity contribution in [2.45, 2.75) is 33.3 Å². The van der Waals surface area contributed by atoms with Gasteiger partial charge < -0.3 is 14.8 Å². The Balaban J connectivity index is 2.05. The minimum atomic E-state index is -0.159. The Labute approximate surface area is 128 Å². The maximum Gasteiger partial charge on any atom is 0.163 e. The summed E-state index contributed by atoms with van der Waals surface area (Å²) in [5.74, 6) is 1.65. The highest BCUT2D eigenvalue weighted by Gasteiger charge is 2.23. The molecule has 0 spiro atoms. The van der Waals surface area contributed by atoms with Gasteiger partial charge in [-0.3, -0.25) is 0 Å². The van der Waals surface area contributed by atoms with E-state index >= 15 is 0 Å². The van der Waals surface area contributed by atoms with Crippen LogP contribution in [0.25, 0.3) is 10.2 Å². The second-order valence-corrected chi connectivity index (χ2v) is 6.46. The molecule has 5 nitrogen and oxygen atoms in total. The fourth-order valence-corrected chi connectivity index (χ4v) is 3.45. The van der Waals surface area contributed by atoms with Crippen molar-refractivity contribution in [3.63, 3.8) is 0 Å². The molecule has 1 atom stereocenters. The van der Waals surface area contributed by atoms with E-state index in [0.29, 0.717) is 19.8 Å². The molecule has 3 heterocycles. The van der Waals surface area contributed by atoms with Crippen LogP contribution in [-0.2, 0) is 9.47 Å². The lowest BCUT2D eigenvalue weighted by atomic mass is 10.2. The van der Waals surface area contributed by atoms with Crippen molar-refractivity contribution in [2.75, 3.05) is 31.7 Å². The van der Waals surface area contributed by atoms with Gasteiger partial charge in [0, 0.05) is 11.4 Å². The van der Waals surface area contributed by atoms with Gasteiger partial charge in [0.25, 0.3) is 0 Å². The van der Waals surface area contributed by atoms with Crippen LogP contribution in [0.3, 0.4) is 0 Å². The predicted octanol–water partition coefficient (Wildman–Crippen LogP) is 3.22. The summed E-state index contributed by atoms with van der Waals surface area (Å²) in [6, 6.07) is 0. The predicted molar refractivity (Wildman–Crippen MR) is 85.2 cm³/mol. The Hall–Kier alpha value is -1.24. The molecule has 1 N–H and O–H groups in total. The lowest BCUT2D eigenvalue weighted by Crippen LogP contribution is -2.24. The third-order valence-corrected chi connectivity index (χ3v) is 4.79. The van der Waals surface area contributed by atoms with Crippen molar-refractivity contribution in [1.29, 1.82) is 0 Å². The van der Waals surface area contributed by atoms with Crippen molar-refractivity contribution in [2.24, 2.45) is 0 Å². The monoisotopic (exact) mass is 307 g/mol. The van der Waals surface area contributed by atoms with E-state index in [1.807, 2.05) is 0 Å². The van der Waals surface area contributed by atoms with Gasteiger partial charge in [-0.1, -0.05) is 6.92 Å². The number of aryl methyl sites for hydroxylation is 2. The molecule has 2 aromatic heterocycles. The Morgan fingerprint density at radius 2 is 2.14 bits per heavy atom. The topological polar surface area (TPSA) is 56.3 Å². The molecule has 6 heteroatoms. The Bertz CT molecular complexity index is 635. The summed E-state index contributed by atoms with van der Waals surface area (Å²) >= 11 is 1.72. The van der Waals surface area contributed by atoms with Crippen LogP contribution in [0, 0.1) is 13.8 Å². The van der Waals surface area contributed by atoms with Gasteiger partial charge in [0.15, 0.2) is 5.82 Å². The fraction of sp³-hybridized carbons (Fsp3) is 0.600. The van der Waals surface area contributed by atoms with Gasteiger partial charge >= 0.3 is 0 Å². The fourth-order valence-electron chi connectivity index (χ4n) is 2.42. The average molecular weight is 307 g/mol. The molecule has 2 aromatic rings. The molecule has 0 saturated carbocycles. The number of hydrogen-bond acceptors (Lipinski definition) is 6. The Morgan fingerprint density at radius 3 is 2.86 bits per heavy atom. The molecule has 21 heavy (non-hydrogen) atoms. The van der Waals surface area contributed by atoms with E-state index in [1.165, 1.54) is 10.4 Å². The van der Waals surface area contributed by atoms with Gasteiger partial charge in [0.05, 0.1) is 25.2 Å². The zero-order chi connectivity index (χ0) is 14.8. The summed E-state index contributed by atoms with van der Waals surface area (Å²) in [5.41, 5.74) is 1.26. The van der Waals surface area contributed by atoms with E-state index in [1.54, 1.807) is 11.3 Å². The van der Waals surface area contributed by atoms with Crippen LogP contribution in [0.5, 0.6) is 0 Å². The number of nitrogens with one attached hydrogen (secondary N) is 1. The number of thiophene rings is 1. The largest absolute Gasteiger partial charge is 0.376 e. The molecule has 1 saturated heterocycles. The Morgan fingerprint density at radius 1 is 1.29 bits per heavy atom. The zero-order valence-electron chi connectivity index (χ0n) is 12.7. The number of nitrogens with zero attached hydrogens (tertiary/aromatic N) is 2. The molecular weight excluding hydrogens is 286 g/mol. The average Bonchev–Trinajstić information content (AvgIpc) is 2.80. The van der Waals surface area contributed by atoms with E-state index in [9.17, 15) is 0 Å². The maximum atomic E-state index is 5.74. The van der Waals surface area contributed by atoms with Gasteiger partial charge in [-0.05, 0) is 25.8 Å². The van der Waals surface area contributed by atoms with E-state index in [0.717, 1.165) is 34.8 Å². The first kappa shape index (κ1) is 14.7. The first-order chi connectivity index (χ1) is 10.2. The molecule has 0 amide bonds. The van der Waals surface area contributed by atoms with Crippen molar-refractivity contribution in [3.8, 4) is 0 Å². The molecular formula is C15H21N3O2S. The first-order valence-corrected chi connectivity index (χ1v) is 8.23. The number of ether oxygens (including phenoxy) is 2. The quantitative estimate of drug-likeness (QED) is 0.940. The molecule has 114 valence electrons. The highest BCUT2D eigenvalue weighted by atomic mass is 32.1. The van der Waals surface area contributed by atoms with Crippen molar-refractivity contribution in [3.05, 3.63) is 16.3 Å². The minimum absolute atomic E-state index is 0.159. The van der Waals surface area contributed by atoms with Crippen LogP contribution in [0.1, 0.15) is 35.7 Å². The zero-order valence-corrected chi connectivity index (χ0v) is 13.5. The molecule has 0 radical (unpaired) electrons. The van der Waals surface area contributed by atoms with Crippen molar-refractivity contribution >= 4 is 27.4 Å². The summed E-state index contributed by atoms with van der Waals surface area (Å²) in [6.45, 7) is 9.10. The van der Waals surface area contributed by atoms with Gasteiger partial charge in [0.2, 0.25) is 0 Å². The molecule has 1 aliphatic rings. The van der Waals surface area contributed by atoms with Crippen LogP contribution in [0.15, 0.2) is 0 Å². The lowest BCUT2D eigenvalue weighted by Gasteiger charge is -2.22. The standard InChI is InChI=1S/C15H21N3O2S/c1-4-5-16-14-12-9(2)10(3)21-15(12)18-13(17-14)11-8-19-6-7-20-11/h11H,4-8H2,1-3H3,(H,16,17,18). The van der Waals surface area contributed by atoms with Crippen molar-refractivity contribution < 1.29 is 9.47 Å². The molecule has 0 aromatic carbocycles. The molecule has 1 aliphatic heterocycles. The van der Waals surface area contributed by atoms with Gasteiger partial charge in [-0.15, -0.1) is 11.3 Å². The number of hydrogen-bond donors (Lipinski definition) is 1. The summed E-state index contributed by atoms with van der Waals surface area (Å²) < 4.78 is 11.2. The van der Waals surface area contributed by atoms with Crippen LogP contribution < -0.4 is 5.32 Å². The lowest BCUT2D eigenvalue weighted by molar-refractivity contribution is -0.0933. The molecule has 3 rings (SSSR count). The van der Waals surface area contributed by atoms with Crippen LogP contribution in [-0.4, -0.2) is 36.3 Å². The van der Waals surface area contributed by atoms with E-state index in [4.69, 9.17) is 19.4 Å². The van der Waals surface area contributed by atoms with Gasteiger partial charge in [-0.2, -0.15) is 0 Å². The maximum absolute atomic E-state index is 5.74. The highest BCUT2D eigenvalue weighted by Crippen LogP contribution is 2.34. The molecule has 1 fully saturated rings. The number of fused-ring (bicyclic) bond motifs is 1. The summed E-state index contributed by atoms with van der Waals surface area (Å²) in [7, 11) is 0. The normalized spacial score (nSPS) is 19.1. The third kappa shape index (κ3) is 2.88. The van der Waals surface area contributed by atoms with E-state index in [2.05, 4.69) is 26.1 Å². The van der Waals surface area contributed by atoms with E-state index < -0.39 is 0 Å².